The van der Waals surface area contributed by atoms with Crippen molar-refractivity contribution in [3.05, 3.63) is 101 Å². The van der Waals surface area contributed by atoms with Crippen LogP contribution in [0.4, 0.5) is 0 Å². The molecule has 0 radical (unpaired) electrons. The fourth-order valence-corrected chi connectivity index (χ4v) is 3.82. The third-order valence-corrected chi connectivity index (χ3v) is 5.36. The van der Waals surface area contributed by atoms with Crippen molar-refractivity contribution in [2.24, 2.45) is 0 Å². The number of ether oxygens (including phenoxy) is 1. The highest BCUT2D eigenvalue weighted by Gasteiger charge is 2.30. The fourth-order valence-electron chi connectivity index (χ4n) is 3.82. The van der Waals surface area contributed by atoms with Gasteiger partial charge in [0.05, 0.1) is 0 Å². The number of hydrogen-bond donors (Lipinski definition) is 0. The van der Waals surface area contributed by atoms with Crippen LogP contribution in [-0.4, -0.2) is 0 Å². The van der Waals surface area contributed by atoms with Crippen LogP contribution < -0.4 is 4.74 Å². The van der Waals surface area contributed by atoms with Crippen LogP contribution in [0.1, 0.15) is 61.5 Å². The Labute approximate surface area is 156 Å². The highest BCUT2D eigenvalue weighted by atomic mass is 16.5. The van der Waals surface area contributed by atoms with Crippen molar-refractivity contribution < 1.29 is 4.74 Å². The molecule has 1 heteroatoms. The molecule has 0 unspecified atom stereocenters. The second-order valence-corrected chi connectivity index (χ2v) is 8.22. The summed E-state index contributed by atoms with van der Waals surface area (Å²) in [6, 6.07) is 28.2. The first kappa shape index (κ1) is 16.9. The van der Waals surface area contributed by atoms with Crippen LogP contribution in [0.3, 0.4) is 0 Å². The number of fused-ring (bicyclic) bond motifs is 1. The molecule has 0 N–H and O–H groups in total. The summed E-state index contributed by atoms with van der Waals surface area (Å²) < 4.78 is 6.40. The minimum Gasteiger partial charge on any atom is -0.485 e. The summed E-state index contributed by atoms with van der Waals surface area (Å²) in [4.78, 5) is 0. The lowest BCUT2D eigenvalue weighted by atomic mass is 9.81. The fraction of sp³-hybridized carbons (Fsp3) is 0.280. The van der Waals surface area contributed by atoms with Gasteiger partial charge in [0.2, 0.25) is 0 Å². The van der Waals surface area contributed by atoms with Gasteiger partial charge in [0.15, 0.2) is 0 Å². The van der Waals surface area contributed by atoms with Crippen LogP contribution in [0.5, 0.6) is 5.75 Å². The maximum Gasteiger partial charge on any atom is 0.125 e. The number of hydrogen-bond acceptors (Lipinski definition) is 1. The van der Waals surface area contributed by atoms with E-state index in [1.165, 1.54) is 22.3 Å². The van der Waals surface area contributed by atoms with Gasteiger partial charge in [-0.1, -0.05) is 93.6 Å². The Morgan fingerprint density at radius 2 is 1.38 bits per heavy atom. The predicted molar refractivity (Wildman–Crippen MR) is 108 cm³/mol. The highest BCUT2D eigenvalue weighted by molar-refractivity contribution is 5.45. The third kappa shape index (κ3) is 3.26. The molecule has 0 saturated carbocycles. The summed E-state index contributed by atoms with van der Waals surface area (Å²) in [5.41, 5.74) is 5.44. The molecule has 0 saturated heterocycles. The Hall–Kier alpha value is -2.54. The van der Waals surface area contributed by atoms with E-state index in [1.54, 1.807) is 0 Å². The van der Waals surface area contributed by atoms with E-state index in [-0.39, 0.29) is 11.5 Å². The molecule has 0 amide bonds. The molecular formula is C25H26O. The van der Waals surface area contributed by atoms with Crippen molar-refractivity contribution in [1.29, 1.82) is 0 Å². The predicted octanol–water partition coefficient (Wildman–Crippen LogP) is 6.64. The molecule has 132 valence electrons. The number of benzene rings is 3. The molecule has 0 aliphatic carbocycles. The zero-order valence-electron chi connectivity index (χ0n) is 15.8. The molecule has 1 aliphatic heterocycles. The van der Waals surface area contributed by atoms with Gasteiger partial charge in [-0.2, -0.15) is 0 Å². The van der Waals surface area contributed by atoms with E-state index in [4.69, 9.17) is 4.74 Å². The highest BCUT2D eigenvalue weighted by Crippen LogP contribution is 2.45. The van der Waals surface area contributed by atoms with Gasteiger partial charge in [0.1, 0.15) is 11.9 Å². The molecule has 4 rings (SSSR count). The SMILES string of the molecule is CC(C)(C)c1ccc([C@@H]2C[C@H](c3ccccc3)c3ccccc3O2)cc1. The summed E-state index contributed by atoms with van der Waals surface area (Å²) in [5, 5.41) is 0. The summed E-state index contributed by atoms with van der Waals surface area (Å²) in [6.07, 6.45) is 1.06. The van der Waals surface area contributed by atoms with E-state index in [2.05, 4.69) is 99.6 Å². The zero-order valence-corrected chi connectivity index (χ0v) is 15.8. The maximum atomic E-state index is 6.40. The Balaban J connectivity index is 1.69. The van der Waals surface area contributed by atoms with Gasteiger partial charge in [-0.15, -0.1) is 0 Å². The summed E-state index contributed by atoms with van der Waals surface area (Å²) in [7, 11) is 0. The minimum absolute atomic E-state index is 0.0872. The minimum atomic E-state index is 0.0872. The van der Waals surface area contributed by atoms with Crippen molar-refractivity contribution >= 4 is 0 Å². The first-order chi connectivity index (χ1) is 12.5. The maximum absolute atomic E-state index is 6.40. The van der Waals surface area contributed by atoms with E-state index in [9.17, 15) is 0 Å². The Bertz CT molecular complexity index is 872. The summed E-state index contributed by atoms with van der Waals surface area (Å²) in [5.74, 6) is 1.38. The van der Waals surface area contributed by atoms with Gasteiger partial charge in [0, 0.05) is 11.5 Å². The molecule has 0 spiro atoms. The van der Waals surface area contributed by atoms with E-state index < -0.39 is 0 Å². The van der Waals surface area contributed by atoms with E-state index in [0.29, 0.717) is 5.92 Å². The van der Waals surface area contributed by atoms with Crippen molar-refractivity contribution in [2.45, 2.75) is 44.6 Å². The quantitative estimate of drug-likeness (QED) is 0.507. The Morgan fingerprint density at radius 3 is 2.08 bits per heavy atom. The molecule has 0 aromatic heterocycles. The van der Waals surface area contributed by atoms with Crippen LogP contribution in [0.25, 0.3) is 0 Å². The van der Waals surface area contributed by atoms with E-state index in [1.807, 2.05) is 0 Å². The molecule has 3 aromatic carbocycles. The average Bonchev–Trinajstić information content (AvgIpc) is 2.67. The lowest BCUT2D eigenvalue weighted by Gasteiger charge is -2.33. The molecule has 2 atom stereocenters. The van der Waals surface area contributed by atoms with Gasteiger partial charge in [0.25, 0.3) is 0 Å². The summed E-state index contributed by atoms with van der Waals surface area (Å²) in [6.45, 7) is 6.75. The topological polar surface area (TPSA) is 9.23 Å². The number of rotatable bonds is 2. The normalized spacial score (nSPS) is 19.5. The lowest BCUT2D eigenvalue weighted by Crippen LogP contribution is -2.20. The third-order valence-electron chi connectivity index (χ3n) is 5.36. The van der Waals surface area contributed by atoms with Gasteiger partial charge < -0.3 is 4.74 Å². The molecule has 1 heterocycles. The van der Waals surface area contributed by atoms with E-state index >= 15 is 0 Å². The summed E-state index contributed by atoms with van der Waals surface area (Å²) >= 11 is 0. The molecule has 0 bridgehead atoms. The van der Waals surface area contributed by atoms with Crippen LogP contribution in [0, 0.1) is 0 Å². The average molecular weight is 342 g/mol. The smallest absolute Gasteiger partial charge is 0.125 e. The Kier molecular flexibility index (Phi) is 4.32. The molecule has 1 aliphatic rings. The lowest BCUT2D eigenvalue weighted by molar-refractivity contribution is 0.167. The van der Waals surface area contributed by atoms with Gasteiger partial charge >= 0.3 is 0 Å². The number of para-hydroxylation sites is 1. The van der Waals surface area contributed by atoms with Gasteiger partial charge in [-0.25, -0.2) is 0 Å². The van der Waals surface area contributed by atoms with Crippen LogP contribution in [-0.2, 0) is 5.41 Å². The van der Waals surface area contributed by atoms with Crippen molar-refractivity contribution in [3.63, 3.8) is 0 Å². The van der Waals surface area contributed by atoms with Gasteiger partial charge in [-0.3, -0.25) is 0 Å². The second-order valence-electron chi connectivity index (χ2n) is 8.22. The molecule has 26 heavy (non-hydrogen) atoms. The Morgan fingerprint density at radius 1 is 0.731 bits per heavy atom. The molecule has 0 fully saturated rings. The van der Waals surface area contributed by atoms with E-state index in [0.717, 1.165) is 12.2 Å². The first-order valence-electron chi connectivity index (χ1n) is 9.43. The second kappa shape index (κ2) is 6.64. The standard InChI is InChI=1S/C25H26O/c1-25(2,3)20-15-13-19(14-16-20)24-17-22(18-9-5-4-6-10-18)21-11-7-8-12-23(21)26-24/h4-16,22,24H,17H2,1-3H3/t22-,24+/m1/s1. The van der Waals surface area contributed by atoms with Crippen LogP contribution >= 0.6 is 0 Å². The zero-order chi connectivity index (χ0) is 18.1. The van der Waals surface area contributed by atoms with Gasteiger partial charge in [-0.05, 0) is 34.6 Å². The molecular weight excluding hydrogens is 316 g/mol. The monoisotopic (exact) mass is 342 g/mol. The van der Waals surface area contributed by atoms with Crippen molar-refractivity contribution in [3.8, 4) is 5.75 Å². The van der Waals surface area contributed by atoms with Crippen molar-refractivity contribution in [2.75, 3.05) is 0 Å². The first-order valence-corrected chi connectivity index (χ1v) is 9.43. The van der Waals surface area contributed by atoms with Crippen LogP contribution in [0.2, 0.25) is 0 Å². The largest absolute Gasteiger partial charge is 0.485 e. The molecule has 1 nitrogen and oxygen atoms in total. The van der Waals surface area contributed by atoms with Crippen LogP contribution in [0.15, 0.2) is 78.9 Å². The van der Waals surface area contributed by atoms with Crippen molar-refractivity contribution in [1.82, 2.24) is 0 Å². The molecule has 3 aromatic rings.